The SMILES string of the molecule is CNC(CCN(C)C1CCCCCC1)C(N)=O. The molecule has 17 heavy (non-hydrogen) atoms. The number of likely N-dealkylation sites (N-methyl/N-ethyl adjacent to an activating group) is 1. The molecule has 0 aromatic heterocycles. The lowest BCUT2D eigenvalue weighted by atomic mass is 10.1. The topological polar surface area (TPSA) is 58.4 Å². The largest absolute Gasteiger partial charge is 0.368 e. The van der Waals surface area contributed by atoms with Crippen molar-refractivity contribution in [2.75, 3.05) is 20.6 Å². The van der Waals surface area contributed by atoms with Crippen LogP contribution in [0.2, 0.25) is 0 Å². The molecule has 0 radical (unpaired) electrons. The van der Waals surface area contributed by atoms with Crippen LogP contribution in [0.25, 0.3) is 0 Å². The third-order valence-electron chi connectivity index (χ3n) is 3.91. The van der Waals surface area contributed by atoms with Crippen molar-refractivity contribution in [1.82, 2.24) is 10.2 Å². The summed E-state index contributed by atoms with van der Waals surface area (Å²) in [7, 11) is 3.96. The number of carbonyl (C=O) groups excluding carboxylic acids is 1. The minimum atomic E-state index is -0.248. The molecular formula is C13H27N3O. The van der Waals surface area contributed by atoms with Crippen molar-refractivity contribution in [1.29, 1.82) is 0 Å². The maximum atomic E-state index is 11.1. The van der Waals surface area contributed by atoms with Crippen LogP contribution < -0.4 is 11.1 Å². The molecule has 0 saturated heterocycles. The summed E-state index contributed by atoms with van der Waals surface area (Å²) in [5.41, 5.74) is 5.32. The molecular weight excluding hydrogens is 214 g/mol. The first-order valence-corrected chi connectivity index (χ1v) is 6.82. The van der Waals surface area contributed by atoms with E-state index in [1.165, 1.54) is 38.5 Å². The van der Waals surface area contributed by atoms with Gasteiger partial charge in [-0.1, -0.05) is 25.7 Å². The fourth-order valence-electron chi connectivity index (χ4n) is 2.64. The lowest BCUT2D eigenvalue weighted by Crippen LogP contribution is -2.42. The molecule has 1 aliphatic carbocycles. The Morgan fingerprint density at radius 3 is 2.41 bits per heavy atom. The molecule has 1 atom stereocenters. The standard InChI is InChI=1S/C13H27N3O/c1-15-12(13(14)17)9-10-16(2)11-7-5-3-4-6-8-11/h11-12,15H,3-10H2,1-2H3,(H2,14,17). The Morgan fingerprint density at radius 2 is 1.94 bits per heavy atom. The molecule has 100 valence electrons. The Bertz CT molecular complexity index is 225. The third-order valence-corrected chi connectivity index (χ3v) is 3.91. The van der Waals surface area contributed by atoms with E-state index in [1.54, 1.807) is 7.05 Å². The predicted octanol–water partition coefficient (Wildman–Crippen LogP) is 1.10. The van der Waals surface area contributed by atoms with E-state index in [2.05, 4.69) is 17.3 Å². The van der Waals surface area contributed by atoms with Gasteiger partial charge in [0.2, 0.25) is 5.91 Å². The van der Waals surface area contributed by atoms with Gasteiger partial charge in [-0.05, 0) is 33.4 Å². The van der Waals surface area contributed by atoms with Crippen LogP contribution in [0.3, 0.4) is 0 Å². The number of carbonyl (C=O) groups is 1. The molecule has 1 aliphatic rings. The van der Waals surface area contributed by atoms with Crippen LogP contribution >= 0.6 is 0 Å². The fourth-order valence-corrected chi connectivity index (χ4v) is 2.64. The summed E-state index contributed by atoms with van der Waals surface area (Å²) < 4.78 is 0. The second-order valence-electron chi connectivity index (χ2n) is 5.16. The molecule has 0 spiro atoms. The maximum Gasteiger partial charge on any atom is 0.234 e. The molecule has 4 heteroatoms. The van der Waals surface area contributed by atoms with E-state index in [1.807, 2.05) is 0 Å². The zero-order chi connectivity index (χ0) is 12.7. The Kier molecular flexibility index (Phi) is 6.52. The Morgan fingerprint density at radius 1 is 1.35 bits per heavy atom. The van der Waals surface area contributed by atoms with Crippen molar-refractivity contribution in [2.45, 2.75) is 57.0 Å². The maximum absolute atomic E-state index is 11.1. The lowest BCUT2D eigenvalue weighted by Gasteiger charge is -2.28. The number of nitrogens with one attached hydrogen (secondary N) is 1. The van der Waals surface area contributed by atoms with Gasteiger partial charge in [-0.3, -0.25) is 4.79 Å². The van der Waals surface area contributed by atoms with Crippen molar-refractivity contribution >= 4 is 5.91 Å². The second kappa shape index (κ2) is 7.67. The molecule has 1 saturated carbocycles. The van der Waals surface area contributed by atoms with Gasteiger partial charge < -0.3 is 16.0 Å². The molecule has 0 aromatic carbocycles. The van der Waals surface area contributed by atoms with Crippen molar-refractivity contribution in [3.8, 4) is 0 Å². The number of amides is 1. The van der Waals surface area contributed by atoms with Gasteiger partial charge in [0.25, 0.3) is 0 Å². The first-order chi connectivity index (χ1) is 8.15. The number of hydrogen-bond acceptors (Lipinski definition) is 3. The van der Waals surface area contributed by atoms with Gasteiger partial charge in [0.05, 0.1) is 6.04 Å². The highest BCUT2D eigenvalue weighted by molar-refractivity contribution is 5.79. The third kappa shape index (κ3) is 5.04. The van der Waals surface area contributed by atoms with E-state index in [0.717, 1.165) is 13.0 Å². The molecule has 3 N–H and O–H groups in total. The predicted molar refractivity (Wildman–Crippen MR) is 70.8 cm³/mol. The number of rotatable bonds is 6. The van der Waals surface area contributed by atoms with E-state index in [4.69, 9.17) is 5.73 Å². The average Bonchev–Trinajstić information content (AvgIpc) is 2.57. The summed E-state index contributed by atoms with van der Waals surface area (Å²) in [4.78, 5) is 13.5. The Balaban J connectivity index is 2.31. The van der Waals surface area contributed by atoms with E-state index in [-0.39, 0.29) is 11.9 Å². The molecule has 0 aliphatic heterocycles. The number of hydrogen-bond donors (Lipinski definition) is 2. The summed E-state index contributed by atoms with van der Waals surface area (Å²) >= 11 is 0. The number of primary amides is 1. The van der Waals surface area contributed by atoms with Crippen LogP contribution in [-0.4, -0.2) is 43.5 Å². The molecule has 4 nitrogen and oxygen atoms in total. The summed E-state index contributed by atoms with van der Waals surface area (Å²) in [5.74, 6) is -0.248. The highest BCUT2D eigenvalue weighted by atomic mass is 16.1. The number of nitrogens with zero attached hydrogens (tertiary/aromatic N) is 1. The zero-order valence-electron chi connectivity index (χ0n) is 11.2. The van der Waals surface area contributed by atoms with E-state index in [0.29, 0.717) is 6.04 Å². The Labute approximate surface area is 105 Å². The van der Waals surface area contributed by atoms with Crippen LogP contribution in [0.5, 0.6) is 0 Å². The Hall–Kier alpha value is -0.610. The zero-order valence-corrected chi connectivity index (χ0v) is 11.2. The lowest BCUT2D eigenvalue weighted by molar-refractivity contribution is -0.120. The van der Waals surface area contributed by atoms with Gasteiger partial charge >= 0.3 is 0 Å². The highest BCUT2D eigenvalue weighted by Crippen LogP contribution is 2.21. The molecule has 0 aromatic rings. The van der Waals surface area contributed by atoms with E-state index >= 15 is 0 Å². The van der Waals surface area contributed by atoms with E-state index in [9.17, 15) is 4.79 Å². The van der Waals surface area contributed by atoms with Crippen LogP contribution in [0.1, 0.15) is 44.9 Å². The van der Waals surface area contributed by atoms with Crippen LogP contribution in [-0.2, 0) is 4.79 Å². The smallest absolute Gasteiger partial charge is 0.234 e. The quantitative estimate of drug-likeness (QED) is 0.685. The second-order valence-corrected chi connectivity index (χ2v) is 5.16. The monoisotopic (exact) mass is 241 g/mol. The fraction of sp³-hybridized carbons (Fsp3) is 0.923. The minimum absolute atomic E-state index is 0.191. The van der Waals surface area contributed by atoms with Crippen molar-refractivity contribution in [3.63, 3.8) is 0 Å². The summed E-state index contributed by atoms with van der Waals surface area (Å²) in [6.45, 7) is 0.944. The average molecular weight is 241 g/mol. The van der Waals surface area contributed by atoms with Crippen molar-refractivity contribution in [2.24, 2.45) is 5.73 Å². The van der Waals surface area contributed by atoms with Crippen molar-refractivity contribution in [3.05, 3.63) is 0 Å². The summed E-state index contributed by atoms with van der Waals surface area (Å²) in [6.07, 6.45) is 8.86. The van der Waals surface area contributed by atoms with Crippen molar-refractivity contribution < 1.29 is 4.79 Å². The summed E-state index contributed by atoms with van der Waals surface area (Å²) in [6, 6.07) is 0.506. The summed E-state index contributed by atoms with van der Waals surface area (Å²) in [5, 5.41) is 2.97. The highest BCUT2D eigenvalue weighted by Gasteiger charge is 2.19. The molecule has 0 bridgehead atoms. The number of nitrogens with two attached hydrogens (primary N) is 1. The minimum Gasteiger partial charge on any atom is -0.368 e. The van der Waals surface area contributed by atoms with Crippen LogP contribution in [0, 0.1) is 0 Å². The van der Waals surface area contributed by atoms with Gasteiger partial charge in [0, 0.05) is 12.6 Å². The first kappa shape index (κ1) is 14.5. The van der Waals surface area contributed by atoms with E-state index < -0.39 is 0 Å². The molecule has 1 fully saturated rings. The molecule has 1 unspecified atom stereocenters. The van der Waals surface area contributed by atoms with Crippen LogP contribution in [0.4, 0.5) is 0 Å². The van der Waals surface area contributed by atoms with Gasteiger partial charge in [-0.25, -0.2) is 0 Å². The van der Waals surface area contributed by atoms with Gasteiger partial charge in [0.1, 0.15) is 0 Å². The van der Waals surface area contributed by atoms with Gasteiger partial charge in [-0.15, -0.1) is 0 Å². The first-order valence-electron chi connectivity index (χ1n) is 6.82. The normalized spacial score (nSPS) is 20.2. The molecule has 0 heterocycles. The van der Waals surface area contributed by atoms with Gasteiger partial charge in [-0.2, -0.15) is 0 Å². The molecule has 1 rings (SSSR count). The van der Waals surface area contributed by atoms with Crippen LogP contribution in [0.15, 0.2) is 0 Å². The van der Waals surface area contributed by atoms with Gasteiger partial charge in [0.15, 0.2) is 0 Å². The molecule has 1 amide bonds.